The molecule has 5 heteroatoms. The van der Waals surface area contributed by atoms with Crippen LogP contribution in [-0.4, -0.2) is 0 Å². The van der Waals surface area contributed by atoms with E-state index >= 15 is 0 Å². The zero-order valence-electron chi connectivity index (χ0n) is 8.74. The molecule has 0 aliphatic rings. The van der Waals surface area contributed by atoms with Crippen LogP contribution in [0.3, 0.4) is 0 Å². The molecule has 1 aromatic heterocycles. The van der Waals surface area contributed by atoms with Gasteiger partial charge in [0.15, 0.2) is 0 Å². The smallest absolute Gasteiger partial charge is 0.320 e. The van der Waals surface area contributed by atoms with Gasteiger partial charge in [-0.3, -0.25) is 0 Å². The first-order chi connectivity index (χ1) is 7.98. The molecule has 1 atom stereocenters. The fourth-order valence-corrected chi connectivity index (χ4v) is 2.30. The summed E-state index contributed by atoms with van der Waals surface area (Å²) in [5.74, 6) is 0. The molecular weight excluding hydrogens is 247 g/mol. The molecule has 1 heterocycles. The highest BCUT2D eigenvalue weighted by molar-refractivity contribution is 7.10. The summed E-state index contributed by atoms with van der Waals surface area (Å²) in [5.41, 5.74) is 5.73. The van der Waals surface area contributed by atoms with E-state index < -0.39 is 17.8 Å². The third kappa shape index (κ3) is 2.68. The maximum atomic E-state index is 12.5. The van der Waals surface area contributed by atoms with Crippen LogP contribution in [0.15, 0.2) is 41.8 Å². The zero-order chi connectivity index (χ0) is 12.5. The lowest BCUT2D eigenvalue weighted by atomic mass is 10.0. The molecule has 2 N–H and O–H groups in total. The summed E-state index contributed by atoms with van der Waals surface area (Å²) < 4.78 is 37.6. The molecule has 1 aromatic carbocycles. The number of nitrogens with two attached hydrogens (primary N) is 1. The molecule has 2 aromatic rings. The molecule has 0 amide bonds. The molecule has 0 aliphatic heterocycles. The van der Waals surface area contributed by atoms with Gasteiger partial charge in [0.2, 0.25) is 0 Å². The Hall–Kier alpha value is -1.33. The second kappa shape index (κ2) is 4.50. The molecule has 0 aliphatic carbocycles. The van der Waals surface area contributed by atoms with Gasteiger partial charge in [0.25, 0.3) is 0 Å². The van der Waals surface area contributed by atoms with Crippen LogP contribution in [0.2, 0.25) is 0 Å². The second-order valence-electron chi connectivity index (χ2n) is 3.62. The molecule has 0 saturated heterocycles. The molecule has 0 radical (unpaired) electrons. The number of alkyl halides is 3. The summed E-state index contributed by atoms with van der Waals surface area (Å²) in [5, 5.41) is 1.85. The lowest BCUT2D eigenvalue weighted by molar-refractivity contribution is -0.137. The third-order valence-electron chi connectivity index (χ3n) is 2.42. The van der Waals surface area contributed by atoms with Crippen LogP contribution < -0.4 is 5.73 Å². The summed E-state index contributed by atoms with van der Waals surface area (Å²) in [6, 6.07) is 8.28. The number of hydrogen-bond donors (Lipinski definition) is 1. The van der Waals surface area contributed by atoms with Crippen molar-refractivity contribution in [3.05, 3.63) is 57.8 Å². The Morgan fingerprint density at radius 1 is 1.12 bits per heavy atom. The standard InChI is InChI=1S/C12H10F3NS/c13-12(14,15)9-4-1-3-8(7-9)11(16)10-5-2-6-17-10/h1-7,11H,16H2. The van der Waals surface area contributed by atoms with Gasteiger partial charge in [-0.25, -0.2) is 0 Å². The predicted octanol–water partition coefficient (Wildman–Crippen LogP) is 3.82. The molecule has 1 unspecified atom stereocenters. The van der Waals surface area contributed by atoms with Crippen LogP contribution in [0.5, 0.6) is 0 Å². The van der Waals surface area contributed by atoms with E-state index in [4.69, 9.17) is 5.73 Å². The van der Waals surface area contributed by atoms with Gasteiger partial charge in [-0.15, -0.1) is 11.3 Å². The topological polar surface area (TPSA) is 26.0 Å². The molecule has 0 bridgehead atoms. The highest BCUT2D eigenvalue weighted by Crippen LogP contribution is 2.32. The van der Waals surface area contributed by atoms with Crippen molar-refractivity contribution in [1.82, 2.24) is 0 Å². The monoisotopic (exact) mass is 257 g/mol. The van der Waals surface area contributed by atoms with Gasteiger partial charge in [-0.2, -0.15) is 13.2 Å². The van der Waals surface area contributed by atoms with E-state index in [9.17, 15) is 13.2 Å². The number of thiophene rings is 1. The van der Waals surface area contributed by atoms with Gasteiger partial charge < -0.3 is 5.73 Å². The molecule has 2 rings (SSSR count). The first kappa shape index (κ1) is 12.1. The van der Waals surface area contributed by atoms with Crippen LogP contribution in [0.1, 0.15) is 22.0 Å². The summed E-state index contributed by atoms with van der Waals surface area (Å²) in [4.78, 5) is 0.851. The first-order valence-electron chi connectivity index (χ1n) is 4.94. The van der Waals surface area contributed by atoms with E-state index in [1.54, 1.807) is 6.07 Å². The second-order valence-corrected chi connectivity index (χ2v) is 4.60. The van der Waals surface area contributed by atoms with Crippen molar-refractivity contribution in [3.63, 3.8) is 0 Å². The number of hydrogen-bond acceptors (Lipinski definition) is 2. The minimum atomic E-state index is -4.33. The van der Waals surface area contributed by atoms with Gasteiger partial charge in [-0.05, 0) is 29.1 Å². The molecule has 90 valence electrons. The Bertz CT molecular complexity index is 491. The Kier molecular flexibility index (Phi) is 3.22. The lowest BCUT2D eigenvalue weighted by Gasteiger charge is -2.13. The summed E-state index contributed by atoms with van der Waals surface area (Å²) >= 11 is 1.43. The van der Waals surface area contributed by atoms with Crippen LogP contribution in [0.4, 0.5) is 13.2 Å². The molecule has 0 fully saturated rings. The van der Waals surface area contributed by atoms with E-state index in [0.29, 0.717) is 5.56 Å². The van der Waals surface area contributed by atoms with Gasteiger partial charge >= 0.3 is 6.18 Å². The minimum absolute atomic E-state index is 0.474. The van der Waals surface area contributed by atoms with Gasteiger partial charge in [-0.1, -0.05) is 18.2 Å². The quantitative estimate of drug-likeness (QED) is 0.869. The fourth-order valence-electron chi connectivity index (χ4n) is 1.54. The predicted molar refractivity (Wildman–Crippen MR) is 61.8 cm³/mol. The zero-order valence-corrected chi connectivity index (χ0v) is 9.55. The average Bonchev–Trinajstić information content (AvgIpc) is 2.80. The highest BCUT2D eigenvalue weighted by Gasteiger charge is 2.30. The van der Waals surface area contributed by atoms with E-state index in [1.165, 1.54) is 17.4 Å². The SMILES string of the molecule is NC(c1cccc(C(F)(F)F)c1)c1cccs1. The van der Waals surface area contributed by atoms with Crippen molar-refractivity contribution in [2.45, 2.75) is 12.2 Å². The van der Waals surface area contributed by atoms with E-state index in [1.807, 2.05) is 17.5 Å². The van der Waals surface area contributed by atoms with Crippen molar-refractivity contribution in [1.29, 1.82) is 0 Å². The van der Waals surface area contributed by atoms with Crippen LogP contribution in [0.25, 0.3) is 0 Å². The number of rotatable bonds is 2. The molecule has 0 spiro atoms. The Morgan fingerprint density at radius 2 is 1.88 bits per heavy atom. The maximum absolute atomic E-state index is 12.5. The fraction of sp³-hybridized carbons (Fsp3) is 0.167. The van der Waals surface area contributed by atoms with Gasteiger partial charge in [0, 0.05) is 4.88 Å². The number of halogens is 3. The largest absolute Gasteiger partial charge is 0.416 e. The van der Waals surface area contributed by atoms with Gasteiger partial charge in [0.1, 0.15) is 0 Å². The van der Waals surface area contributed by atoms with Crippen molar-refractivity contribution >= 4 is 11.3 Å². The van der Waals surface area contributed by atoms with E-state index in [2.05, 4.69) is 0 Å². The molecular formula is C12H10F3NS. The van der Waals surface area contributed by atoms with Crippen LogP contribution in [0, 0.1) is 0 Å². The lowest BCUT2D eigenvalue weighted by Crippen LogP contribution is -2.12. The Balaban J connectivity index is 2.34. The van der Waals surface area contributed by atoms with Gasteiger partial charge in [0.05, 0.1) is 11.6 Å². The molecule has 1 nitrogen and oxygen atoms in total. The number of benzene rings is 1. The van der Waals surface area contributed by atoms with E-state index in [-0.39, 0.29) is 0 Å². The summed E-state index contributed by atoms with van der Waals surface area (Å²) in [6.07, 6.45) is -4.33. The van der Waals surface area contributed by atoms with Crippen molar-refractivity contribution < 1.29 is 13.2 Å². The first-order valence-corrected chi connectivity index (χ1v) is 5.82. The third-order valence-corrected chi connectivity index (χ3v) is 3.38. The van der Waals surface area contributed by atoms with Crippen LogP contribution >= 0.6 is 11.3 Å². The van der Waals surface area contributed by atoms with Crippen molar-refractivity contribution in [3.8, 4) is 0 Å². The summed E-state index contributed by atoms with van der Waals surface area (Å²) in [6.45, 7) is 0. The normalized spacial score (nSPS) is 13.6. The van der Waals surface area contributed by atoms with E-state index in [0.717, 1.165) is 17.0 Å². The molecule has 0 saturated carbocycles. The summed E-state index contributed by atoms with van der Waals surface area (Å²) in [7, 11) is 0. The molecule has 17 heavy (non-hydrogen) atoms. The maximum Gasteiger partial charge on any atom is 0.416 e. The Morgan fingerprint density at radius 3 is 2.47 bits per heavy atom. The average molecular weight is 257 g/mol. The highest BCUT2D eigenvalue weighted by atomic mass is 32.1. The minimum Gasteiger partial charge on any atom is -0.320 e. The van der Waals surface area contributed by atoms with Crippen molar-refractivity contribution in [2.75, 3.05) is 0 Å². The Labute approximate surface area is 101 Å². The van der Waals surface area contributed by atoms with Crippen LogP contribution in [-0.2, 0) is 6.18 Å². The van der Waals surface area contributed by atoms with Crippen molar-refractivity contribution in [2.24, 2.45) is 5.73 Å².